The third-order valence-corrected chi connectivity index (χ3v) is 6.45. The molecular formula is C20H26N4O2S. The smallest absolute Gasteiger partial charge is 0.245 e. The van der Waals surface area contributed by atoms with Crippen molar-refractivity contribution < 1.29 is 8.42 Å². The number of nitrogens with zero attached hydrogens (tertiary/aromatic N) is 3. The van der Waals surface area contributed by atoms with Gasteiger partial charge in [-0.05, 0) is 64.4 Å². The molecule has 2 rings (SSSR count). The van der Waals surface area contributed by atoms with Gasteiger partial charge >= 0.3 is 0 Å². The average molecular weight is 387 g/mol. The molecule has 7 heteroatoms. The molecule has 0 saturated carbocycles. The first-order valence-corrected chi connectivity index (χ1v) is 10.4. The SMILES string of the molecule is CC(Nc1ccc(S(=O)(=O)N(C(C)C)C(C)C)cn1)c1cccc(C#N)c1. The van der Waals surface area contributed by atoms with E-state index in [0.29, 0.717) is 11.4 Å². The zero-order valence-corrected chi connectivity index (χ0v) is 17.2. The summed E-state index contributed by atoms with van der Waals surface area (Å²) in [7, 11) is -3.60. The Morgan fingerprint density at radius 1 is 1.07 bits per heavy atom. The normalized spacial score (nSPS) is 13.0. The van der Waals surface area contributed by atoms with E-state index in [0.717, 1.165) is 5.56 Å². The van der Waals surface area contributed by atoms with Gasteiger partial charge in [-0.25, -0.2) is 13.4 Å². The van der Waals surface area contributed by atoms with Gasteiger partial charge < -0.3 is 5.32 Å². The fourth-order valence-electron chi connectivity index (χ4n) is 3.07. The molecule has 144 valence electrons. The number of nitriles is 1. The van der Waals surface area contributed by atoms with Gasteiger partial charge in [0.15, 0.2) is 0 Å². The highest BCUT2D eigenvalue weighted by atomic mass is 32.2. The summed E-state index contributed by atoms with van der Waals surface area (Å²) in [6.45, 7) is 9.40. The monoisotopic (exact) mass is 386 g/mol. The summed E-state index contributed by atoms with van der Waals surface area (Å²) < 4.78 is 27.2. The van der Waals surface area contributed by atoms with Crippen molar-refractivity contribution in [2.24, 2.45) is 0 Å². The summed E-state index contributed by atoms with van der Waals surface area (Å²) in [6.07, 6.45) is 1.38. The third-order valence-electron chi connectivity index (χ3n) is 4.21. The lowest BCUT2D eigenvalue weighted by molar-refractivity contribution is 0.302. The molecule has 1 N–H and O–H groups in total. The minimum atomic E-state index is -3.60. The first-order valence-electron chi connectivity index (χ1n) is 8.93. The second kappa shape index (κ2) is 8.51. The number of anilines is 1. The number of hydrogen-bond donors (Lipinski definition) is 1. The fraction of sp³-hybridized carbons (Fsp3) is 0.400. The number of hydrogen-bond acceptors (Lipinski definition) is 5. The van der Waals surface area contributed by atoms with Gasteiger partial charge in [-0.1, -0.05) is 12.1 Å². The molecule has 0 saturated heterocycles. The minimum Gasteiger partial charge on any atom is -0.364 e. The average Bonchev–Trinajstić information content (AvgIpc) is 2.61. The highest BCUT2D eigenvalue weighted by molar-refractivity contribution is 7.89. The van der Waals surface area contributed by atoms with E-state index < -0.39 is 10.0 Å². The molecule has 0 aliphatic carbocycles. The van der Waals surface area contributed by atoms with Crippen molar-refractivity contribution in [3.63, 3.8) is 0 Å². The Balaban J connectivity index is 2.20. The second-order valence-corrected chi connectivity index (χ2v) is 8.85. The van der Waals surface area contributed by atoms with Gasteiger partial charge in [-0.2, -0.15) is 9.57 Å². The number of pyridine rings is 1. The molecule has 1 aromatic heterocycles. The van der Waals surface area contributed by atoms with Gasteiger partial charge in [-0.3, -0.25) is 0 Å². The molecule has 1 unspecified atom stereocenters. The van der Waals surface area contributed by atoms with E-state index >= 15 is 0 Å². The molecule has 0 fully saturated rings. The van der Waals surface area contributed by atoms with Crippen LogP contribution in [-0.2, 0) is 10.0 Å². The van der Waals surface area contributed by atoms with Crippen molar-refractivity contribution in [2.75, 3.05) is 5.32 Å². The predicted molar refractivity (Wildman–Crippen MR) is 107 cm³/mol. The quantitative estimate of drug-likeness (QED) is 0.779. The lowest BCUT2D eigenvalue weighted by Crippen LogP contribution is -2.41. The Hall–Kier alpha value is -2.43. The summed E-state index contributed by atoms with van der Waals surface area (Å²) in [4.78, 5) is 4.45. The van der Waals surface area contributed by atoms with Crippen LogP contribution in [-0.4, -0.2) is 29.8 Å². The number of nitrogens with one attached hydrogen (secondary N) is 1. The number of aromatic nitrogens is 1. The molecule has 0 bridgehead atoms. The van der Waals surface area contributed by atoms with Crippen molar-refractivity contribution >= 4 is 15.8 Å². The number of benzene rings is 1. The molecule has 27 heavy (non-hydrogen) atoms. The first-order chi connectivity index (χ1) is 12.7. The van der Waals surface area contributed by atoms with Gasteiger partial charge in [0.1, 0.15) is 10.7 Å². The van der Waals surface area contributed by atoms with Crippen molar-refractivity contribution in [3.05, 3.63) is 53.7 Å². The molecule has 1 atom stereocenters. The molecule has 0 aliphatic rings. The first kappa shape index (κ1) is 20.9. The second-order valence-electron chi connectivity index (χ2n) is 7.00. The van der Waals surface area contributed by atoms with Crippen LogP contribution < -0.4 is 5.32 Å². The van der Waals surface area contributed by atoms with E-state index in [-0.39, 0.29) is 23.0 Å². The number of sulfonamides is 1. The topological polar surface area (TPSA) is 86.1 Å². The van der Waals surface area contributed by atoms with E-state index in [1.165, 1.54) is 10.5 Å². The van der Waals surface area contributed by atoms with E-state index in [1.807, 2.05) is 52.8 Å². The molecule has 0 amide bonds. The maximum absolute atomic E-state index is 12.9. The third kappa shape index (κ3) is 4.85. The molecule has 0 radical (unpaired) electrons. The number of rotatable bonds is 7. The molecule has 0 aliphatic heterocycles. The molecule has 1 aromatic carbocycles. The van der Waals surface area contributed by atoms with E-state index in [9.17, 15) is 8.42 Å². The standard InChI is InChI=1S/C20H26N4O2S/c1-14(2)24(15(3)4)27(25,26)19-9-10-20(22-13-19)23-16(5)18-8-6-7-17(11-18)12-21/h6-11,13-16H,1-5H3,(H,22,23). The maximum atomic E-state index is 12.9. The van der Waals surface area contributed by atoms with Crippen molar-refractivity contribution in [1.29, 1.82) is 5.26 Å². The molecule has 0 spiro atoms. The van der Waals surface area contributed by atoms with E-state index in [1.54, 1.807) is 18.2 Å². The Bertz CT molecular complexity index is 908. The Labute approximate surface area is 161 Å². The Morgan fingerprint density at radius 3 is 2.26 bits per heavy atom. The van der Waals surface area contributed by atoms with Crippen LogP contribution in [0.3, 0.4) is 0 Å². The molecule has 2 aromatic rings. The minimum absolute atomic E-state index is 0.0731. The predicted octanol–water partition coefficient (Wildman–Crippen LogP) is 3.93. The van der Waals surface area contributed by atoms with Crippen LogP contribution in [0.2, 0.25) is 0 Å². The van der Waals surface area contributed by atoms with Gasteiger partial charge in [0.2, 0.25) is 10.0 Å². The summed E-state index contributed by atoms with van der Waals surface area (Å²) in [5.41, 5.74) is 1.55. The van der Waals surface area contributed by atoms with Crippen LogP contribution in [0.15, 0.2) is 47.5 Å². The fourth-order valence-corrected chi connectivity index (χ4v) is 4.85. The van der Waals surface area contributed by atoms with Crippen molar-refractivity contribution in [3.8, 4) is 6.07 Å². The van der Waals surface area contributed by atoms with Crippen LogP contribution in [0.5, 0.6) is 0 Å². The summed E-state index contributed by atoms with van der Waals surface area (Å²) in [5, 5.41) is 12.3. The van der Waals surface area contributed by atoms with Gasteiger partial charge in [-0.15, -0.1) is 0 Å². The lowest BCUT2D eigenvalue weighted by Gasteiger charge is -2.29. The summed E-state index contributed by atoms with van der Waals surface area (Å²) in [5.74, 6) is 0.574. The Kier molecular flexibility index (Phi) is 6.58. The summed E-state index contributed by atoms with van der Waals surface area (Å²) in [6, 6.07) is 12.3. The zero-order valence-electron chi connectivity index (χ0n) is 16.3. The van der Waals surface area contributed by atoms with E-state index in [4.69, 9.17) is 5.26 Å². The van der Waals surface area contributed by atoms with Crippen LogP contribution in [0.25, 0.3) is 0 Å². The Morgan fingerprint density at radius 2 is 1.74 bits per heavy atom. The summed E-state index contributed by atoms with van der Waals surface area (Å²) >= 11 is 0. The van der Waals surface area contributed by atoms with Crippen molar-refractivity contribution in [2.45, 2.75) is 57.6 Å². The van der Waals surface area contributed by atoms with Crippen LogP contribution in [0.1, 0.15) is 51.8 Å². The van der Waals surface area contributed by atoms with E-state index in [2.05, 4.69) is 16.4 Å². The largest absolute Gasteiger partial charge is 0.364 e. The van der Waals surface area contributed by atoms with Crippen LogP contribution in [0, 0.1) is 11.3 Å². The molecule has 1 heterocycles. The van der Waals surface area contributed by atoms with Gasteiger partial charge in [0.05, 0.1) is 11.6 Å². The van der Waals surface area contributed by atoms with Gasteiger partial charge in [0.25, 0.3) is 0 Å². The molecular weight excluding hydrogens is 360 g/mol. The van der Waals surface area contributed by atoms with Crippen LogP contribution >= 0.6 is 0 Å². The maximum Gasteiger partial charge on any atom is 0.245 e. The van der Waals surface area contributed by atoms with Gasteiger partial charge in [0, 0.05) is 24.3 Å². The van der Waals surface area contributed by atoms with Crippen molar-refractivity contribution in [1.82, 2.24) is 9.29 Å². The lowest BCUT2D eigenvalue weighted by atomic mass is 10.1. The van der Waals surface area contributed by atoms with Crippen LogP contribution in [0.4, 0.5) is 5.82 Å². The highest BCUT2D eigenvalue weighted by Gasteiger charge is 2.29. The zero-order chi connectivity index (χ0) is 20.2. The highest BCUT2D eigenvalue weighted by Crippen LogP contribution is 2.23. The molecule has 6 nitrogen and oxygen atoms in total.